The zero-order valence-electron chi connectivity index (χ0n) is 33.3. The van der Waals surface area contributed by atoms with E-state index in [1.807, 2.05) is 33.0 Å². The fraction of sp³-hybridized carbons (Fsp3) is 0.619. The summed E-state index contributed by atoms with van der Waals surface area (Å²) in [5.41, 5.74) is 2.20. The van der Waals surface area contributed by atoms with Gasteiger partial charge < -0.3 is 24.4 Å². The SMILES string of the molecule is CCN(C(C)C)C1(c2cc(F)ccc2Oc2cncnc2N2CC3(CC(Oc4ccnc5c4CN(CCCN4CC(NC(=O)C(C)(C)C)C4)CC5)C3)C2)CO1.[HH]. The lowest BCUT2D eigenvalue weighted by molar-refractivity contribution is -0.130. The van der Waals surface area contributed by atoms with E-state index in [-0.39, 0.29) is 42.2 Å². The van der Waals surface area contributed by atoms with Crippen molar-refractivity contribution in [2.75, 3.05) is 63.9 Å². The molecule has 1 spiro atoms. The molecule has 1 N–H and O–H groups in total. The van der Waals surface area contributed by atoms with Crippen LogP contribution in [0.5, 0.6) is 17.2 Å². The molecule has 3 aromatic rings. The second-order valence-electron chi connectivity index (χ2n) is 17.7. The van der Waals surface area contributed by atoms with Crippen molar-refractivity contribution in [2.45, 2.75) is 97.7 Å². The first-order valence-electron chi connectivity index (χ1n) is 20.2. The van der Waals surface area contributed by atoms with Gasteiger partial charge in [-0.05, 0) is 77.0 Å². The second kappa shape index (κ2) is 14.9. The molecule has 3 saturated heterocycles. The summed E-state index contributed by atoms with van der Waals surface area (Å²) >= 11 is 0. The largest absolute Gasteiger partial charge is 0.490 e. The van der Waals surface area contributed by atoms with E-state index in [1.54, 1.807) is 18.6 Å². The molecule has 4 aliphatic heterocycles. The molecule has 5 aliphatic rings. The van der Waals surface area contributed by atoms with Gasteiger partial charge in [0.1, 0.15) is 29.7 Å². The molecule has 12 nitrogen and oxygen atoms in total. The summed E-state index contributed by atoms with van der Waals surface area (Å²) in [5.74, 6) is 2.62. The molecule has 298 valence electrons. The van der Waals surface area contributed by atoms with E-state index in [0.717, 1.165) is 102 Å². The molecule has 1 aromatic carbocycles. The van der Waals surface area contributed by atoms with Crippen LogP contribution in [0.4, 0.5) is 10.2 Å². The van der Waals surface area contributed by atoms with Crippen molar-refractivity contribution >= 4 is 11.7 Å². The Bertz CT molecular complexity index is 1870. The molecular weight excluding hydrogens is 700 g/mol. The number of nitrogens with one attached hydrogen (secondary N) is 1. The Balaban J connectivity index is 0.00000480. The molecule has 1 unspecified atom stereocenters. The maximum Gasteiger partial charge on any atom is 0.225 e. The first-order valence-corrected chi connectivity index (χ1v) is 20.2. The number of ether oxygens (including phenoxy) is 3. The molecule has 0 bridgehead atoms. The van der Waals surface area contributed by atoms with Crippen LogP contribution in [0.15, 0.2) is 43.0 Å². The second-order valence-corrected chi connectivity index (χ2v) is 17.7. The maximum absolute atomic E-state index is 14.6. The summed E-state index contributed by atoms with van der Waals surface area (Å²) in [7, 11) is 0. The van der Waals surface area contributed by atoms with Crippen LogP contribution in [0, 0.1) is 16.6 Å². The maximum atomic E-state index is 14.6. The predicted octanol–water partition coefficient (Wildman–Crippen LogP) is 5.60. The van der Waals surface area contributed by atoms with Crippen LogP contribution in [0.25, 0.3) is 0 Å². The van der Waals surface area contributed by atoms with Crippen molar-refractivity contribution in [1.29, 1.82) is 0 Å². The van der Waals surface area contributed by atoms with Gasteiger partial charge in [-0.2, -0.15) is 0 Å². The Hall–Kier alpha value is -3.91. The van der Waals surface area contributed by atoms with Gasteiger partial charge in [0.05, 0.1) is 18.8 Å². The van der Waals surface area contributed by atoms with Gasteiger partial charge in [-0.15, -0.1) is 0 Å². The number of nitrogens with zero attached hydrogens (tertiary/aromatic N) is 7. The number of hydrogen-bond acceptors (Lipinski definition) is 11. The topological polar surface area (TPSA) is 112 Å². The van der Waals surface area contributed by atoms with Crippen LogP contribution in [0.3, 0.4) is 0 Å². The van der Waals surface area contributed by atoms with Gasteiger partial charge in [0, 0.05) is 87.0 Å². The van der Waals surface area contributed by atoms with Gasteiger partial charge in [0.15, 0.2) is 17.3 Å². The van der Waals surface area contributed by atoms with E-state index < -0.39 is 5.72 Å². The number of benzene rings is 1. The average molecular weight is 759 g/mol. The number of hydrogen-bond donors (Lipinski definition) is 1. The van der Waals surface area contributed by atoms with Gasteiger partial charge in [0.25, 0.3) is 0 Å². The number of pyridine rings is 1. The minimum absolute atomic E-state index is 0. The monoisotopic (exact) mass is 758 g/mol. The van der Waals surface area contributed by atoms with E-state index in [9.17, 15) is 9.18 Å². The van der Waals surface area contributed by atoms with Crippen LogP contribution in [-0.4, -0.2) is 113 Å². The zero-order chi connectivity index (χ0) is 38.5. The van der Waals surface area contributed by atoms with Crippen molar-refractivity contribution in [2.24, 2.45) is 10.8 Å². The van der Waals surface area contributed by atoms with Crippen molar-refractivity contribution < 1.29 is 24.8 Å². The lowest BCUT2D eigenvalue weighted by atomic mass is 9.61. The van der Waals surface area contributed by atoms with Crippen LogP contribution in [0.2, 0.25) is 0 Å². The molecule has 4 fully saturated rings. The third kappa shape index (κ3) is 7.77. The van der Waals surface area contributed by atoms with Crippen molar-refractivity contribution in [1.82, 2.24) is 35.0 Å². The molecule has 2 aromatic heterocycles. The number of halogens is 1. The number of fused-ring (bicyclic) bond motifs is 1. The molecule has 8 rings (SSSR count). The zero-order valence-corrected chi connectivity index (χ0v) is 33.3. The van der Waals surface area contributed by atoms with Gasteiger partial charge >= 0.3 is 0 Å². The molecule has 13 heteroatoms. The molecular formula is C42H59FN8O4. The number of rotatable bonds is 14. The molecule has 1 atom stereocenters. The smallest absolute Gasteiger partial charge is 0.225 e. The van der Waals surface area contributed by atoms with E-state index >= 15 is 0 Å². The molecule has 1 amide bonds. The molecule has 1 aliphatic carbocycles. The highest BCUT2D eigenvalue weighted by Crippen LogP contribution is 2.53. The number of epoxide rings is 1. The summed E-state index contributed by atoms with van der Waals surface area (Å²) in [5, 5.41) is 3.18. The summed E-state index contributed by atoms with van der Waals surface area (Å²) < 4.78 is 33.9. The number of aromatic nitrogens is 3. The Labute approximate surface area is 326 Å². The quantitative estimate of drug-likeness (QED) is 0.208. The van der Waals surface area contributed by atoms with Gasteiger partial charge in [-0.1, -0.05) is 27.7 Å². The summed E-state index contributed by atoms with van der Waals surface area (Å²) in [6.45, 7) is 21.0. The number of amides is 1. The van der Waals surface area contributed by atoms with E-state index in [0.29, 0.717) is 23.7 Å². The first-order chi connectivity index (χ1) is 26.3. The van der Waals surface area contributed by atoms with E-state index in [1.165, 1.54) is 17.7 Å². The predicted molar refractivity (Wildman–Crippen MR) is 210 cm³/mol. The fourth-order valence-corrected chi connectivity index (χ4v) is 9.09. The Morgan fingerprint density at radius 3 is 2.58 bits per heavy atom. The van der Waals surface area contributed by atoms with E-state index in [4.69, 9.17) is 19.2 Å². The normalized spacial score (nSPS) is 22.6. The number of carbonyl (C=O) groups excluding carboxylic acids is 1. The highest BCUT2D eigenvalue weighted by molar-refractivity contribution is 5.81. The molecule has 0 radical (unpaired) electrons. The van der Waals surface area contributed by atoms with Crippen LogP contribution < -0.4 is 19.7 Å². The average Bonchev–Trinajstić information content (AvgIpc) is 3.89. The summed E-state index contributed by atoms with van der Waals surface area (Å²) in [4.78, 5) is 35.4. The van der Waals surface area contributed by atoms with Gasteiger partial charge in [0.2, 0.25) is 5.91 Å². The Morgan fingerprint density at radius 1 is 1.11 bits per heavy atom. The highest BCUT2D eigenvalue weighted by atomic mass is 19.1. The fourth-order valence-electron chi connectivity index (χ4n) is 9.09. The first kappa shape index (κ1) is 38.0. The van der Waals surface area contributed by atoms with Crippen molar-refractivity contribution in [3.8, 4) is 17.2 Å². The molecule has 55 heavy (non-hydrogen) atoms. The minimum atomic E-state index is -0.712. The van der Waals surface area contributed by atoms with Crippen molar-refractivity contribution in [3.05, 3.63) is 65.6 Å². The third-order valence-electron chi connectivity index (χ3n) is 12.1. The highest BCUT2D eigenvalue weighted by Gasteiger charge is 2.56. The van der Waals surface area contributed by atoms with Crippen LogP contribution >= 0.6 is 0 Å². The number of likely N-dealkylation sites (tertiary alicyclic amines) is 1. The summed E-state index contributed by atoms with van der Waals surface area (Å²) in [6.07, 6.45) is 9.33. The molecule has 1 saturated carbocycles. The van der Waals surface area contributed by atoms with Gasteiger partial charge in [-0.25, -0.2) is 14.4 Å². The number of anilines is 1. The number of likely N-dealkylation sites (N-methyl/N-ethyl adjacent to an activating group) is 1. The van der Waals surface area contributed by atoms with Crippen LogP contribution in [0.1, 0.15) is 79.1 Å². The van der Waals surface area contributed by atoms with Gasteiger partial charge in [-0.3, -0.25) is 24.5 Å². The van der Waals surface area contributed by atoms with Crippen molar-refractivity contribution in [3.63, 3.8) is 0 Å². The number of carbonyl (C=O) groups is 1. The lowest BCUT2D eigenvalue weighted by Gasteiger charge is -2.59. The standard InChI is InChI=1S/C42H57FN8O4.H2/c1-7-51(28(2)3)42(26-53-42)33-17-29(43)9-10-36(33)55-37-20-44-27-46-38(37)50-24-41(25-50)18-31(19-41)54-35-11-13-45-34-12-16-48(23-32(34)35)14-8-15-49-21-30(22-49)47-39(52)40(4,5)6;/h9-11,13,17,20,27-28,30-31H,7-8,12,14-16,18-19,21-26H2,1-6H3,(H,47,52);1H. The Morgan fingerprint density at radius 2 is 1.87 bits per heavy atom. The summed E-state index contributed by atoms with van der Waals surface area (Å²) in [6, 6.07) is 7.16. The van der Waals surface area contributed by atoms with Crippen LogP contribution in [-0.2, 0) is 28.2 Å². The van der Waals surface area contributed by atoms with E-state index in [2.05, 4.69) is 55.7 Å². The minimum Gasteiger partial charge on any atom is -0.490 e. The third-order valence-corrected chi connectivity index (χ3v) is 12.1. The Kier molecular flexibility index (Phi) is 10.3. The lowest BCUT2D eigenvalue weighted by Crippen LogP contribution is -2.65. The molecule has 6 heterocycles.